The van der Waals surface area contributed by atoms with Gasteiger partial charge in [0.05, 0.1) is 12.9 Å². The van der Waals surface area contributed by atoms with Crippen LogP contribution in [0.15, 0.2) is 0 Å². The molecule has 0 amide bonds. The third-order valence-electron chi connectivity index (χ3n) is 2.62. The van der Waals surface area contributed by atoms with Crippen LogP contribution in [0, 0.1) is 5.92 Å². The molecule has 2 unspecified atom stereocenters. The number of rotatable bonds is 10. The topological polar surface area (TPSA) is 58.6 Å². The molecule has 0 aromatic heterocycles. The van der Waals surface area contributed by atoms with Gasteiger partial charge in [-0.25, -0.2) is 0 Å². The van der Waals surface area contributed by atoms with E-state index in [9.17, 15) is 9.46 Å². The first kappa shape index (κ1) is 16.1. The SMILES string of the molecule is CCCCC(CC)CNCP(=O)(O)OCC. The lowest BCUT2D eigenvalue weighted by molar-refractivity contribution is 0.269. The van der Waals surface area contributed by atoms with Crippen LogP contribution in [0.3, 0.4) is 0 Å². The van der Waals surface area contributed by atoms with Crippen LogP contribution >= 0.6 is 7.60 Å². The zero-order valence-corrected chi connectivity index (χ0v) is 11.6. The molecule has 0 aromatic carbocycles. The minimum absolute atomic E-state index is 0.0590. The number of nitrogens with one attached hydrogen (secondary N) is 1. The van der Waals surface area contributed by atoms with E-state index in [1.165, 1.54) is 19.3 Å². The van der Waals surface area contributed by atoms with E-state index in [2.05, 4.69) is 19.2 Å². The van der Waals surface area contributed by atoms with Gasteiger partial charge in [0.25, 0.3) is 0 Å². The van der Waals surface area contributed by atoms with Crippen molar-refractivity contribution in [2.24, 2.45) is 5.92 Å². The molecule has 0 bridgehead atoms. The van der Waals surface area contributed by atoms with E-state index in [1.54, 1.807) is 6.92 Å². The van der Waals surface area contributed by atoms with Crippen molar-refractivity contribution in [2.45, 2.75) is 46.5 Å². The summed E-state index contributed by atoms with van der Waals surface area (Å²) in [7, 11) is -3.40. The third-order valence-corrected chi connectivity index (χ3v) is 3.90. The Morgan fingerprint density at radius 3 is 2.56 bits per heavy atom. The molecule has 0 rings (SSSR count). The summed E-state index contributed by atoms with van der Waals surface area (Å²) >= 11 is 0. The Labute approximate surface area is 99.3 Å². The Morgan fingerprint density at radius 2 is 2.06 bits per heavy atom. The van der Waals surface area contributed by atoms with Crippen LogP contribution in [0.1, 0.15) is 46.5 Å². The highest BCUT2D eigenvalue weighted by Crippen LogP contribution is 2.39. The van der Waals surface area contributed by atoms with Gasteiger partial charge >= 0.3 is 7.60 Å². The molecule has 0 aliphatic heterocycles. The van der Waals surface area contributed by atoms with Gasteiger partial charge in [-0.05, 0) is 25.8 Å². The van der Waals surface area contributed by atoms with E-state index in [1.807, 2.05) is 0 Å². The maximum Gasteiger partial charge on any atom is 0.341 e. The molecule has 0 aromatic rings. The maximum atomic E-state index is 11.4. The molecule has 0 radical (unpaired) electrons. The lowest BCUT2D eigenvalue weighted by Gasteiger charge is -2.17. The summed E-state index contributed by atoms with van der Waals surface area (Å²) in [5, 5.41) is 3.03. The third kappa shape index (κ3) is 8.28. The number of hydrogen-bond acceptors (Lipinski definition) is 3. The highest BCUT2D eigenvalue weighted by Gasteiger charge is 2.18. The second-order valence-corrected chi connectivity index (χ2v) is 5.93. The van der Waals surface area contributed by atoms with E-state index >= 15 is 0 Å². The Bertz CT molecular complexity index is 211. The minimum Gasteiger partial charge on any atom is -0.323 e. The summed E-state index contributed by atoms with van der Waals surface area (Å²) in [6, 6.07) is 0. The first-order valence-corrected chi connectivity index (χ1v) is 7.99. The van der Waals surface area contributed by atoms with Gasteiger partial charge in [0, 0.05) is 0 Å². The largest absolute Gasteiger partial charge is 0.341 e. The molecule has 4 nitrogen and oxygen atoms in total. The van der Waals surface area contributed by atoms with Gasteiger partial charge in [0.1, 0.15) is 0 Å². The second-order valence-electron chi connectivity index (χ2n) is 4.08. The fourth-order valence-electron chi connectivity index (χ4n) is 1.60. The van der Waals surface area contributed by atoms with Crippen LogP contribution in [-0.4, -0.2) is 24.3 Å². The van der Waals surface area contributed by atoms with Gasteiger partial charge in [-0.1, -0.05) is 33.1 Å². The molecule has 0 heterocycles. The summed E-state index contributed by atoms with van der Waals surface area (Å²) in [5.41, 5.74) is 0. The quantitative estimate of drug-likeness (QED) is 0.586. The lowest BCUT2D eigenvalue weighted by Crippen LogP contribution is -2.24. The van der Waals surface area contributed by atoms with Gasteiger partial charge in [-0.3, -0.25) is 4.57 Å². The van der Waals surface area contributed by atoms with Crippen molar-refractivity contribution in [1.29, 1.82) is 0 Å². The van der Waals surface area contributed by atoms with E-state index in [0.717, 1.165) is 13.0 Å². The molecule has 2 atom stereocenters. The fourth-order valence-corrected chi connectivity index (χ4v) is 2.51. The number of hydrogen-bond donors (Lipinski definition) is 2. The second kappa shape index (κ2) is 9.17. The van der Waals surface area contributed by atoms with Crippen molar-refractivity contribution in [3.63, 3.8) is 0 Å². The average molecular weight is 251 g/mol. The van der Waals surface area contributed by atoms with Crippen LogP contribution in [0.2, 0.25) is 0 Å². The van der Waals surface area contributed by atoms with Gasteiger partial charge < -0.3 is 14.7 Å². The summed E-state index contributed by atoms with van der Waals surface area (Å²) in [5.74, 6) is 0.599. The van der Waals surface area contributed by atoms with Gasteiger partial charge in [-0.15, -0.1) is 0 Å². The fraction of sp³-hybridized carbons (Fsp3) is 1.00. The molecule has 0 fully saturated rings. The summed E-state index contributed by atoms with van der Waals surface area (Å²) in [6.07, 6.45) is 4.78. The molecule has 0 aliphatic carbocycles. The molecule has 0 spiro atoms. The Morgan fingerprint density at radius 1 is 1.38 bits per heavy atom. The molecule has 98 valence electrons. The van der Waals surface area contributed by atoms with Gasteiger partial charge in [-0.2, -0.15) is 0 Å². The predicted molar refractivity (Wildman–Crippen MR) is 67.6 cm³/mol. The molecular formula is C11H26NO3P. The summed E-state index contributed by atoms with van der Waals surface area (Å²) in [4.78, 5) is 9.35. The van der Waals surface area contributed by atoms with Crippen molar-refractivity contribution in [3.05, 3.63) is 0 Å². The molecule has 0 saturated heterocycles. The lowest BCUT2D eigenvalue weighted by atomic mass is 10.00. The average Bonchev–Trinajstić information content (AvgIpc) is 2.22. The smallest absolute Gasteiger partial charge is 0.323 e. The van der Waals surface area contributed by atoms with Crippen molar-refractivity contribution in [3.8, 4) is 0 Å². The van der Waals surface area contributed by atoms with Crippen LogP contribution < -0.4 is 5.32 Å². The highest BCUT2D eigenvalue weighted by molar-refractivity contribution is 7.52. The molecular weight excluding hydrogens is 225 g/mol. The van der Waals surface area contributed by atoms with Crippen LogP contribution in [-0.2, 0) is 9.09 Å². The number of unbranched alkanes of at least 4 members (excludes halogenated alkanes) is 1. The van der Waals surface area contributed by atoms with Crippen molar-refractivity contribution >= 4 is 7.60 Å². The van der Waals surface area contributed by atoms with E-state index in [4.69, 9.17) is 4.52 Å². The standard InChI is InChI=1S/C11H26NO3P/c1-4-7-8-11(5-2)9-12-10-16(13,14)15-6-3/h11-12H,4-10H2,1-3H3,(H,13,14). The normalized spacial score (nSPS) is 17.0. The molecule has 2 N–H and O–H groups in total. The molecule has 0 saturated carbocycles. The molecule has 0 aliphatic rings. The van der Waals surface area contributed by atoms with Gasteiger partial charge in [0.15, 0.2) is 0 Å². The Kier molecular flexibility index (Phi) is 9.24. The van der Waals surface area contributed by atoms with Crippen molar-refractivity contribution in [2.75, 3.05) is 19.4 Å². The molecule has 16 heavy (non-hydrogen) atoms. The van der Waals surface area contributed by atoms with Crippen LogP contribution in [0.5, 0.6) is 0 Å². The molecule has 5 heteroatoms. The first-order chi connectivity index (χ1) is 7.55. The van der Waals surface area contributed by atoms with E-state index in [-0.39, 0.29) is 12.9 Å². The van der Waals surface area contributed by atoms with Crippen LogP contribution in [0.4, 0.5) is 0 Å². The van der Waals surface area contributed by atoms with Crippen LogP contribution in [0.25, 0.3) is 0 Å². The van der Waals surface area contributed by atoms with Crippen molar-refractivity contribution in [1.82, 2.24) is 5.32 Å². The predicted octanol–water partition coefficient (Wildman–Crippen LogP) is 2.97. The van der Waals surface area contributed by atoms with E-state index in [0.29, 0.717) is 5.92 Å². The summed E-state index contributed by atoms with van der Waals surface area (Å²) < 4.78 is 16.1. The summed E-state index contributed by atoms with van der Waals surface area (Å²) in [6.45, 7) is 7.13. The van der Waals surface area contributed by atoms with E-state index < -0.39 is 7.60 Å². The van der Waals surface area contributed by atoms with Gasteiger partial charge in [0.2, 0.25) is 0 Å². The maximum absolute atomic E-state index is 11.4. The Hall–Kier alpha value is 0.110. The zero-order valence-electron chi connectivity index (χ0n) is 10.7. The first-order valence-electron chi connectivity index (χ1n) is 6.22. The minimum atomic E-state index is -3.40. The monoisotopic (exact) mass is 251 g/mol. The highest BCUT2D eigenvalue weighted by atomic mass is 31.2. The zero-order chi connectivity index (χ0) is 12.4. The van der Waals surface area contributed by atoms with Crippen molar-refractivity contribution < 1.29 is 14.0 Å². The Balaban J connectivity index is 3.72.